The van der Waals surface area contributed by atoms with Crippen molar-refractivity contribution in [2.75, 3.05) is 0 Å². The Bertz CT molecular complexity index is 250. The summed E-state index contributed by atoms with van der Waals surface area (Å²) in [5.74, 6) is -1.74. The topological polar surface area (TPSA) is 74.6 Å². The van der Waals surface area contributed by atoms with Crippen LogP contribution in [0, 0.1) is 0 Å². The molecular weight excluding hydrogens is 184 g/mol. The molecule has 0 unspecified atom stereocenters. The molecule has 0 bridgehead atoms. The molecular formula is C10H14O4. The van der Waals surface area contributed by atoms with Gasteiger partial charge in [0.1, 0.15) is 0 Å². The van der Waals surface area contributed by atoms with Crippen molar-refractivity contribution in [2.45, 2.75) is 38.5 Å². The second-order valence-electron chi connectivity index (χ2n) is 3.56. The molecule has 0 saturated carbocycles. The fraction of sp³-hybridized carbons (Fsp3) is 0.600. The van der Waals surface area contributed by atoms with E-state index in [1.807, 2.05) is 0 Å². The molecule has 0 aliphatic heterocycles. The average Bonchev–Trinajstić information content (AvgIpc) is 2.06. The van der Waals surface area contributed by atoms with Crippen molar-refractivity contribution < 1.29 is 19.8 Å². The fourth-order valence-electron chi connectivity index (χ4n) is 1.82. The van der Waals surface area contributed by atoms with E-state index in [2.05, 4.69) is 0 Å². The van der Waals surface area contributed by atoms with E-state index in [1.54, 1.807) is 0 Å². The van der Waals surface area contributed by atoms with Crippen LogP contribution in [0.1, 0.15) is 38.5 Å². The highest BCUT2D eigenvalue weighted by Gasteiger charge is 2.16. The van der Waals surface area contributed by atoms with Gasteiger partial charge in [0.2, 0.25) is 0 Å². The normalized spacial score (nSPS) is 16.9. The van der Waals surface area contributed by atoms with Crippen LogP contribution < -0.4 is 0 Å². The first-order chi connectivity index (χ1) is 6.59. The van der Waals surface area contributed by atoms with Gasteiger partial charge in [-0.05, 0) is 25.7 Å². The Morgan fingerprint density at radius 1 is 0.929 bits per heavy atom. The van der Waals surface area contributed by atoms with Gasteiger partial charge >= 0.3 is 11.9 Å². The van der Waals surface area contributed by atoms with Crippen LogP contribution in [0.4, 0.5) is 0 Å². The van der Waals surface area contributed by atoms with Gasteiger partial charge < -0.3 is 10.2 Å². The van der Waals surface area contributed by atoms with Crippen LogP contribution in [-0.2, 0) is 9.59 Å². The van der Waals surface area contributed by atoms with Crippen LogP contribution in [0.25, 0.3) is 0 Å². The number of carbonyl (C=O) groups is 2. The molecule has 14 heavy (non-hydrogen) atoms. The molecule has 2 N–H and O–H groups in total. The van der Waals surface area contributed by atoms with Crippen LogP contribution in [0.15, 0.2) is 11.1 Å². The third kappa shape index (κ3) is 3.20. The van der Waals surface area contributed by atoms with Gasteiger partial charge in [0.25, 0.3) is 0 Å². The third-order valence-corrected chi connectivity index (χ3v) is 2.44. The molecule has 0 saturated heterocycles. The van der Waals surface area contributed by atoms with E-state index in [-0.39, 0.29) is 12.8 Å². The van der Waals surface area contributed by atoms with Gasteiger partial charge in [0, 0.05) is 0 Å². The molecule has 0 aromatic carbocycles. The number of carboxylic acid groups (broad SMARTS) is 2. The molecule has 1 rings (SSSR count). The van der Waals surface area contributed by atoms with Crippen LogP contribution in [0.5, 0.6) is 0 Å². The lowest BCUT2D eigenvalue weighted by molar-refractivity contribution is -0.137. The fourth-order valence-corrected chi connectivity index (χ4v) is 1.82. The molecule has 78 valence electrons. The van der Waals surface area contributed by atoms with E-state index in [0.717, 1.165) is 36.8 Å². The molecule has 0 spiro atoms. The van der Waals surface area contributed by atoms with E-state index in [4.69, 9.17) is 10.2 Å². The summed E-state index contributed by atoms with van der Waals surface area (Å²) in [5, 5.41) is 17.3. The lowest BCUT2D eigenvalue weighted by Crippen LogP contribution is -2.08. The van der Waals surface area contributed by atoms with E-state index >= 15 is 0 Å². The molecule has 0 fully saturated rings. The van der Waals surface area contributed by atoms with Gasteiger partial charge in [-0.1, -0.05) is 11.1 Å². The minimum atomic E-state index is -0.871. The molecule has 4 heteroatoms. The number of rotatable bonds is 4. The summed E-state index contributed by atoms with van der Waals surface area (Å²) in [6, 6.07) is 0. The van der Waals surface area contributed by atoms with Crippen molar-refractivity contribution in [3.05, 3.63) is 11.1 Å². The zero-order valence-corrected chi connectivity index (χ0v) is 7.95. The smallest absolute Gasteiger partial charge is 0.307 e. The first-order valence-corrected chi connectivity index (χ1v) is 4.73. The molecule has 0 radical (unpaired) electrons. The second kappa shape index (κ2) is 4.79. The van der Waals surface area contributed by atoms with Crippen molar-refractivity contribution in [1.82, 2.24) is 0 Å². The van der Waals surface area contributed by atoms with Crippen molar-refractivity contribution in [3.63, 3.8) is 0 Å². The van der Waals surface area contributed by atoms with E-state index in [1.165, 1.54) is 0 Å². The van der Waals surface area contributed by atoms with Gasteiger partial charge in [0.05, 0.1) is 12.8 Å². The Labute approximate surface area is 82.2 Å². The van der Waals surface area contributed by atoms with Crippen LogP contribution in [0.3, 0.4) is 0 Å². The summed E-state index contributed by atoms with van der Waals surface area (Å²) in [6.45, 7) is 0. The highest BCUT2D eigenvalue weighted by atomic mass is 16.4. The van der Waals surface area contributed by atoms with Crippen LogP contribution >= 0.6 is 0 Å². The number of hydrogen-bond acceptors (Lipinski definition) is 2. The van der Waals surface area contributed by atoms with Crippen molar-refractivity contribution >= 4 is 11.9 Å². The van der Waals surface area contributed by atoms with Gasteiger partial charge in [-0.2, -0.15) is 0 Å². The van der Waals surface area contributed by atoms with Crippen molar-refractivity contribution in [2.24, 2.45) is 0 Å². The lowest BCUT2D eigenvalue weighted by atomic mass is 9.88. The number of aliphatic carboxylic acids is 2. The van der Waals surface area contributed by atoms with Gasteiger partial charge in [0.15, 0.2) is 0 Å². The average molecular weight is 198 g/mol. The summed E-state index contributed by atoms with van der Waals surface area (Å²) < 4.78 is 0. The first kappa shape index (κ1) is 10.8. The summed E-state index contributed by atoms with van der Waals surface area (Å²) in [7, 11) is 0. The Morgan fingerprint density at radius 2 is 1.29 bits per heavy atom. The largest absolute Gasteiger partial charge is 0.481 e. The quantitative estimate of drug-likeness (QED) is 0.675. The summed E-state index contributed by atoms with van der Waals surface area (Å²) in [6.07, 6.45) is 3.45. The summed E-state index contributed by atoms with van der Waals surface area (Å²) in [5.41, 5.74) is 1.65. The zero-order valence-electron chi connectivity index (χ0n) is 7.95. The van der Waals surface area contributed by atoms with E-state index < -0.39 is 11.9 Å². The lowest BCUT2D eigenvalue weighted by Gasteiger charge is -2.17. The Balaban J connectivity index is 2.73. The monoisotopic (exact) mass is 198 g/mol. The van der Waals surface area contributed by atoms with Gasteiger partial charge in [-0.25, -0.2) is 0 Å². The van der Waals surface area contributed by atoms with Crippen LogP contribution in [-0.4, -0.2) is 22.2 Å². The Morgan fingerprint density at radius 3 is 1.57 bits per heavy atom. The zero-order chi connectivity index (χ0) is 10.6. The van der Waals surface area contributed by atoms with Crippen molar-refractivity contribution in [1.29, 1.82) is 0 Å². The Hall–Kier alpha value is -1.32. The number of hydrogen-bond donors (Lipinski definition) is 2. The molecule has 0 heterocycles. The van der Waals surface area contributed by atoms with Crippen LogP contribution in [0.2, 0.25) is 0 Å². The predicted octanol–water partition coefficient (Wildman–Crippen LogP) is 1.81. The maximum absolute atomic E-state index is 10.5. The standard InChI is InChI=1S/C10H14O4/c11-9(12)5-7-3-1-2-4-8(7)6-10(13)14/h1-6H2,(H,11,12)(H,13,14). The van der Waals surface area contributed by atoms with Gasteiger partial charge in [-0.3, -0.25) is 9.59 Å². The highest BCUT2D eigenvalue weighted by Crippen LogP contribution is 2.28. The summed E-state index contributed by atoms with van der Waals surface area (Å²) >= 11 is 0. The molecule has 0 atom stereocenters. The highest BCUT2D eigenvalue weighted by molar-refractivity contribution is 5.73. The second-order valence-corrected chi connectivity index (χ2v) is 3.56. The summed E-state index contributed by atoms with van der Waals surface area (Å²) in [4.78, 5) is 21.0. The maximum Gasteiger partial charge on any atom is 0.307 e. The molecule has 1 aliphatic carbocycles. The molecule has 0 aromatic rings. The Kier molecular flexibility index (Phi) is 3.68. The molecule has 4 nitrogen and oxygen atoms in total. The maximum atomic E-state index is 10.5. The SMILES string of the molecule is O=C(O)CC1=C(CC(=O)O)CCCC1. The predicted molar refractivity (Wildman–Crippen MR) is 50.0 cm³/mol. The third-order valence-electron chi connectivity index (χ3n) is 2.44. The first-order valence-electron chi connectivity index (χ1n) is 4.73. The molecule has 1 aliphatic rings. The van der Waals surface area contributed by atoms with E-state index in [0.29, 0.717) is 0 Å². The van der Waals surface area contributed by atoms with Gasteiger partial charge in [-0.15, -0.1) is 0 Å². The minimum Gasteiger partial charge on any atom is -0.481 e. The van der Waals surface area contributed by atoms with E-state index in [9.17, 15) is 9.59 Å². The minimum absolute atomic E-state index is 0.00259. The van der Waals surface area contributed by atoms with Crippen molar-refractivity contribution in [3.8, 4) is 0 Å². The number of carboxylic acids is 2. The molecule has 0 aromatic heterocycles. The molecule has 0 amide bonds.